The molecule has 1 aromatic heterocycles. The summed E-state index contributed by atoms with van der Waals surface area (Å²) in [6, 6.07) is 7.88. The fourth-order valence-corrected chi connectivity index (χ4v) is 3.10. The molecule has 19 heavy (non-hydrogen) atoms. The van der Waals surface area contributed by atoms with Crippen molar-refractivity contribution >= 4 is 23.4 Å². The minimum Gasteiger partial charge on any atom is -0.326 e. The van der Waals surface area contributed by atoms with Crippen molar-refractivity contribution < 1.29 is 0 Å². The van der Waals surface area contributed by atoms with E-state index in [1.54, 1.807) is 22.8 Å². The first-order valence-corrected chi connectivity index (χ1v) is 7.39. The number of benzene rings is 1. The molecule has 0 spiro atoms. The van der Waals surface area contributed by atoms with Crippen molar-refractivity contribution in [3.63, 3.8) is 0 Å². The fourth-order valence-electron chi connectivity index (χ4n) is 1.78. The number of rotatable bonds is 5. The van der Waals surface area contributed by atoms with Crippen LogP contribution in [0.2, 0.25) is 5.02 Å². The average molecular weight is 297 g/mol. The molecule has 0 aliphatic carbocycles. The second kappa shape index (κ2) is 6.41. The Morgan fingerprint density at radius 1 is 1.37 bits per heavy atom. The van der Waals surface area contributed by atoms with E-state index >= 15 is 0 Å². The van der Waals surface area contributed by atoms with Gasteiger partial charge in [0.2, 0.25) is 0 Å². The number of halogens is 1. The van der Waals surface area contributed by atoms with E-state index in [-0.39, 0.29) is 11.3 Å². The topological polar surface area (TPSA) is 56.7 Å². The van der Waals surface area contributed by atoms with Gasteiger partial charge >= 0.3 is 0 Å². The molecule has 4 nitrogen and oxygen atoms in total. The highest BCUT2D eigenvalue weighted by Gasteiger charge is 2.21. The van der Waals surface area contributed by atoms with Gasteiger partial charge in [-0.2, -0.15) is 5.10 Å². The Morgan fingerprint density at radius 2 is 2.05 bits per heavy atom. The van der Waals surface area contributed by atoms with E-state index in [1.165, 1.54) is 0 Å². The first-order chi connectivity index (χ1) is 9.11. The van der Waals surface area contributed by atoms with Gasteiger partial charge in [-0.25, -0.2) is 9.67 Å². The Hall–Kier alpha value is -1.04. The summed E-state index contributed by atoms with van der Waals surface area (Å²) in [5.74, 6) is 0. The molecule has 0 fully saturated rings. The Balaban J connectivity index is 2.26. The number of aryl methyl sites for hydroxylation is 1. The molecule has 2 N–H and O–H groups in total. The normalized spacial score (nSPS) is 14.3. The van der Waals surface area contributed by atoms with Crippen LogP contribution in [-0.4, -0.2) is 20.8 Å². The van der Waals surface area contributed by atoms with Gasteiger partial charge < -0.3 is 5.73 Å². The van der Waals surface area contributed by atoms with Gasteiger partial charge in [0, 0.05) is 18.1 Å². The number of aromatic nitrogens is 3. The van der Waals surface area contributed by atoms with E-state index in [1.807, 2.05) is 31.3 Å². The van der Waals surface area contributed by atoms with E-state index in [0.717, 1.165) is 22.2 Å². The van der Waals surface area contributed by atoms with Gasteiger partial charge in [0.05, 0.1) is 5.25 Å². The van der Waals surface area contributed by atoms with Crippen LogP contribution in [-0.2, 0) is 7.05 Å². The zero-order valence-electron chi connectivity index (χ0n) is 11.0. The zero-order valence-corrected chi connectivity index (χ0v) is 12.5. The molecule has 2 aromatic rings. The highest BCUT2D eigenvalue weighted by Crippen LogP contribution is 2.37. The highest BCUT2D eigenvalue weighted by atomic mass is 35.5. The third-order valence-electron chi connectivity index (χ3n) is 2.96. The number of nitrogens with two attached hydrogens (primary N) is 1. The Bertz CT molecular complexity index is 526. The third kappa shape index (κ3) is 3.49. The molecule has 2 rings (SSSR count). The molecule has 1 aromatic carbocycles. The summed E-state index contributed by atoms with van der Waals surface area (Å²) in [4.78, 5) is 4.25. The van der Waals surface area contributed by atoms with Crippen LogP contribution in [0.1, 0.15) is 24.2 Å². The molecule has 1 heterocycles. The lowest BCUT2D eigenvalue weighted by molar-refractivity contribution is 0.625. The lowest BCUT2D eigenvalue weighted by Crippen LogP contribution is -2.26. The molecule has 0 saturated heterocycles. The molecule has 0 radical (unpaired) electrons. The van der Waals surface area contributed by atoms with E-state index in [9.17, 15) is 0 Å². The maximum absolute atomic E-state index is 6.24. The van der Waals surface area contributed by atoms with Gasteiger partial charge in [-0.1, -0.05) is 42.4 Å². The predicted octanol–water partition coefficient (Wildman–Crippen LogP) is 3.04. The molecule has 102 valence electrons. The number of nitrogens with zero attached hydrogens (tertiary/aromatic N) is 3. The molecule has 6 heteroatoms. The number of thioether (sulfide) groups is 1. The third-order valence-corrected chi connectivity index (χ3v) is 4.67. The van der Waals surface area contributed by atoms with Gasteiger partial charge in [-0.05, 0) is 24.1 Å². The molecule has 0 bridgehead atoms. The summed E-state index contributed by atoms with van der Waals surface area (Å²) in [6.07, 6.45) is 2.46. The zero-order chi connectivity index (χ0) is 13.8. The molecule has 0 aliphatic heterocycles. The van der Waals surface area contributed by atoms with E-state index in [0.29, 0.717) is 0 Å². The summed E-state index contributed by atoms with van der Waals surface area (Å²) in [5, 5.41) is 5.83. The monoisotopic (exact) mass is 296 g/mol. The average Bonchev–Trinajstić information content (AvgIpc) is 2.82. The molecular weight excluding hydrogens is 280 g/mol. The van der Waals surface area contributed by atoms with Crippen LogP contribution in [0.25, 0.3) is 0 Å². The molecule has 0 amide bonds. The second-order valence-electron chi connectivity index (χ2n) is 4.33. The minimum absolute atomic E-state index is 0.0582. The smallest absolute Gasteiger partial charge is 0.186 e. The highest BCUT2D eigenvalue weighted by molar-refractivity contribution is 7.99. The summed E-state index contributed by atoms with van der Waals surface area (Å²) in [6.45, 7) is 2.09. The van der Waals surface area contributed by atoms with Crippen LogP contribution in [0.15, 0.2) is 35.7 Å². The number of hydrogen-bond donors (Lipinski definition) is 1. The van der Waals surface area contributed by atoms with Gasteiger partial charge in [-0.3, -0.25) is 0 Å². The van der Waals surface area contributed by atoms with Crippen LogP contribution in [0.5, 0.6) is 0 Å². The van der Waals surface area contributed by atoms with Crippen LogP contribution >= 0.6 is 23.4 Å². The van der Waals surface area contributed by atoms with Crippen molar-refractivity contribution in [1.82, 2.24) is 14.8 Å². The molecule has 2 atom stereocenters. The Kier molecular flexibility index (Phi) is 4.85. The van der Waals surface area contributed by atoms with E-state index < -0.39 is 0 Å². The second-order valence-corrected chi connectivity index (χ2v) is 5.87. The van der Waals surface area contributed by atoms with E-state index in [2.05, 4.69) is 17.0 Å². The lowest BCUT2D eigenvalue weighted by atomic mass is 10.0. The summed E-state index contributed by atoms with van der Waals surface area (Å²) in [7, 11) is 1.88. The lowest BCUT2D eigenvalue weighted by Gasteiger charge is -2.22. The molecule has 0 aliphatic rings. The van der Waals surface area contributed by atoms with Gasteiger partial charge in [-0.15, -0.1) is 0 Å². The van der Waals surface area contributed by atoms with E-state index in [4.69, 9.17) is 17.3 Å². The van der Waals surface area contributed by atoms with Crippen LogP contribution < -0.4 is 5.73 Å². The first-order valence-electron chi connectivity index (χ1n) is 6.13. The van der Waals surface area contributed by atoms with Crippen molar-refractivity contribution in [2.75, 3.05) is 0 Å². The summed E-state index contributed by atoms with van der Waals surface area (Å²) in [5.41, 5.74) is 7.40. The largest absolute Gasteiger partial charge is 0.326 e. The maximum atomic E-state index is 6.24. The maximum Gasteiger partial charge on any atom is 0.186 e. The van der Waals surface area contributed by atoms with Gasteiger partial charge in [0.1, 0.15) is 6.33 Å². The van der Waals surface area contributed by atoms with Crippen molar-refractivity contribution in [1.29, 1.82) is 0 Å². The van der Waals surface area contributed by atoms with Crippen molar-refractivity contribution in [3.8, 4) is 0 Å². The number of hydrogen-bond acceptors (Lipinski definition) is 4. The summed E-state index contributed by atoms with van der Waals surface area (Å²) >= 11 is 7.57. The molecular formula is C13H17ClN4S. The molecule has 0 saturated carbocycles. The van der Waals surface area contributed by atoms with Gasteiger partial charge in [0.25, 0.3) is 0 Å². The van der Waals surface area contributed by atoms with Crippen LogP contribution in [0.4, 0.5) is 0 Å². The van der Waals surface area contributed by atoms with Crippen molar-refractivity contribution in [3.05, 3.63) is 41.2 Å². The molecule has 2 unspecified atom stereocenters. The minimum atomic E-state index is 0.0582. The quantitative estimate of drug-likeness (QED) is 0.862. The van der Waals surface area contributed by atoms with Gasteiger partial charge in [0.15, 0.2) is 5.16 Å². The fraction of sp³-hybridized carbons (Fsp3) is 0.385. The van der Waals surface area contributed by atoms with Crippen molar-refractivity contribution in [2.24, 2.45) is 12.8 Å². The SMILES string of the molecule is CCC(N)C(Sc1ncnn1C)c1ccc(Cl)cc1. The first kappa shape index (κ1) is 14.4. The van der Waals surface area contributed by atoms with Crippen LogP contribution in [0, 0.1) is 0 Å². The predicted molar refractivity (Wildman–Crippen MR) is 79.3 cm³/mol. The summed E-state index contributed by atoms with van der Waals surface area (Å²) < 4.78 is 1.76. The Labute approximate surface area is 122 Å². The standard InChI is InChI=1S/C13H17ClN4S/c1-3-11(15)12(9-4-6-10(14)7-5-9)19-13-16-8-17-18(13)2/h4-8,11-12H,3,15H2,1-2H3. The van der Waals surface area contributed by atoms with Crippen molar-refractivity contribution in [2.45, 2.75) is 29.8 Å². The van der Waals surface area contributed by atoms with Crippen LogP contribution in [0.3, 0.4) is 0 Å². The Morgan fingerprint density at radius 3 is 2.58 bits per heavy atom.